The highest BCUT2D eigenvalue weighted by Crippen LogP contribution is 3.10. The fourth-order valence-corrected chi connectivity index (χ4v) is 8.96. The first-order valence-electron chi connectivity index (χ1n) is 10.7. The minimum atomic E-state index is -0.0446. The van der Waals surface area contributed by atoms with Crippen molar-refractivity contribution in [3.63, 3.8) is 0 Å². The Morgan fingerprint density at radius 3 is 0.885 bits per heavy atom. The zero-order valence-electron chi connectivity index (χ0n) is 17.5. The summed E-state index contributed by atoms with van der Waals surface area (Å²) in [6.07, 6.45) is 0. The fourth-order valence-electron chi connectivity index (χ4n) is 8.96. The molecule has 0 radical (unpaired) electrons. The van der Waals surface area contributed by atoms with E-state index < -0.39 is 0 Å². The van der Waals surface area contributed by atoms with Crippen LogP contribution in [0.5, 0.6) is 0 Å². The van der Waals surface area contributed by atoms with Crippen LogP contribution in [0.2, 0.25) is 0 Å². The van der Waals surface area contributed by atoms with Gasteiger partial charge in [0.25, 0.3) is 0 Å². The predicted molar refractivity (Wildman–Crippen MR) is 100 cm³/mol. The van der Waals surface area contributed by atoms with E-state index in [4.69, 9.17) is 0 Å². The molecule has 4 nitrogen and oxygen atoms in total. The quantitative estimate of drug-likeness (QED) is 0.732. The average molecular weight is 359 g/mol. The average Bonchev–Trinajstić information content (AvgIpc) is 2.52. The van der Waals surface area contributed by atoms with E-state index in [9.17, 15) is 9.59 Å². The highest BCUT2D eigenvalue weighted by atomic mass is 16.2. The molecule has 4 heteroatoms. The van der Waals surface area contributed by atoms with Gasteiger partial charge in [-0.1, -0.05) is 0 Å². The van der Waals surface area contributed by atoms with Crippen LogP contribution in [0.3, 0.4) is 0 Å². The molecule has 0 aromatic carbocycles. The van der Waals surface area contributed by atoms with Gasteiger partial charge in [-0.15, -0.1) is 0 Å². The topological polar surface area (TPSA) is 40.6 Å². The van der Waals surface area contributed by atoms with Crippen LogP contribution in [0.1, 0.15) is 55.4 Å². The van der Waals surface area contributed by atoms with Gasteiger partial charge in [0, 0.05) is 24.2 Å². The standard InChI is InChI=1S/C22H34N2O2/c1-9(2)23(10(3)4)19(25)21-13-16-14(21)18-15(21)17(13)22(16,18)20(26)24(11(5)6)12(7)8/h9-18H,1-8H3. The first-order valence-corrected chi connectivity index (χ1v) is 10.7. The van der Waals surface area contributed by atoms with Crippen molar-refractivity contribution in [3.8, 4) is 0 Å². The summed E-state index contributed by atoms with van der Waals surface area (Å²) >= 11 is 0. The number of amides is 2. The van der Waals surface area contributed by atoms with Gasteiger partial charge in [0.2, 0.25) is 11.8 Å². The van der Waals surface area contributed by atoms with E-state index in [2.05, 4.69) is 65.2 Å². The summed E-state index contributed by atoms with van der Waals surface area (Å²) in [5, 5.41) is 0. The van der Waals surface area contributed by atoms with Gasteiger partial charge < -0.3 is 9.80 Å². The maximum Gasteiger partial charge on any atom is 0.230 e. The summed E-state index contributed by atoms with van der Waals surface area (Å²) in [4.78, 5) is 31.2. The van der Waals surface area contributed by atoms with Crippen molar-refractivity contribution in [2.75, 3.05) is 0 Å². The molecular formula is C22H34N2O2. The molecule has 6 fully saturated rings. The van der Waals surface area contributed by atoms with Crippen LogP contribution in [-0.4, -0.2) is 45.8 Å². The van der Waals surface area contributed by atoms with Gasteiger partial charge in [-0.2, -0.15) is 0 Å². The van der Waals surface area contributed by atoms with E-state index in [0.717, 1.165) is 0 Å². The zero-order chi connectivity index (χ0) is 19.1. The second-order valence-corrected chi connectivity index (χ2v) is 10.8. The lowest BCUT2D eigenvalue weighted by Gasteiger charge is -3.10. The summed E-state index contributed by atoms with van der Waals surface area (Å²) in [7, 11) is 0. The van der Waals surface area contributed by atoms with Crippen LogP contribution in [0.25, 0.3) is 0 Å². The fraction of sp³-hybridized carbons (Fsp3) is 0.909. The molecule has 6 aliphatic rings. The maximum atomic E-state index is 13.5. The summed E-state index contributed by atoms with van der Waals surface area (Å²) in [5.74, 6) is 3.99. The molecular weight excluding hydrogens is 324 g/mol. The molecule has 0 spiro atoms. The van der Waals surface area contributed by atoms with Crippen molar-refractivity contribution < 1.29 is 9.59 Å². The van der Waals surface area contributed by atoms with Crippen LogP contribution in [0.15, 0.2) is 0 Å². The Labute approximate surface area is 157 Å². The Morgan fingerprint density at radius 1 is 0.538 bits per heavy atom. The van der Waals surface area contributed by atoms with E-state index in [0.29, 0.717) is 47.3 Å². The first-order chi connectivity index (χ1) is 12.1. The Bertz CT molecular complexity index is 577. The third-order valence-corrected chi connectivity index (χ3v) is 9.07. The van der Waals surface area contributed by atoms with Gasteiger partial charge in [-0.3, -0.25) is 9.59 Å². The minimum Gasteiger partial charge on any atom is -0.337 e. The predicted octanol–water partition coefficient (Wildman–Crippen LogP) is 3.02. The molecule has 0 aliphatic heterocycles. The van der Waals surface area contributed by atoms with Crippen LogP contribution < -0.4 is 0 Å². The molecule has 0 aromatic rings. The molecule has 0 bridgehead atoms. The highest BCUT2D eigenvalue weighted by Gasteiger charge is 3.13. The summed E-state index contributed by atoms with van der Waals surface area (Å²) < 4.78 is 0. The second-order valence-electron chi connectivity index (χ2n) is 10.8. The van der Waals surface area contributed by atoms with Gasteiger partial charge in [-0.25, -0.2) is 0 Å². The number of rotatable bonds is 6. The molecule has 6 aliphatic carbocycles. The lowest BCUT2D eigenvalue weighted by atomic mass is 8.92. The van der Waals surface area contributed by atoms with Crippen molar-refractivity contribution in [3.05, 3.63) is 0 Å². The van der Waals surface area contributed by atoms with Gasteiger partial charge >= 0.3 is 0 Å². The normalized spacial score (nSPS) is 47.7. The lowest BCUT2D eigenvalue weighted by Crippen LogP contribution is -3.12. The monoisotopic (exact) mass is 358 g/mol. The first kappa shape index (κ1) is 17.1. The van der Waals surface area contributed by atoms with Gasteiger partial charge in [0.15, 0.2) is 0 Å². The summed E-state index contributed by atoms with van der Waals surface area (Å²) in [5.41, 5.74) is -0.0892. The molecule has 6 saturated carbocycles. The molecule has 0 heterocycles. The van der Waals surface area contributed by atoms with Gasteiger partial charge in [0.1, 0.15) is 0 Å². The Hall–Kier alpha value is -1.06. The van der Waals surface area contributed by atoms with Crippen LogP contribution in [0.4, 0.5) is 0 Å². The van der Waals surface area contributed by atoms with Gasteiger partial charge in [-0.05, 0) is 90.9 Å². The number of hydrogen-bond acceptors (Lipinski definition) is 2. The third-order valence-electron chi connectivity index (χ3n) is 9.07. The Kier molecular flexibility index (Phi) is 2.95. The number of carbonyl (C=O) groups is 2. The smallest absolute Gasteiger partial charge is 0.230 e. The molecule has 0 saturated heterocycles. The highest BCUT2D eigenvalue weighted by molar-refractivity contribution is 6.00. The largest absolute Gasteiger partial charge is 0.337 e. The van der Waals surface area contributed by atoms with Gasteiger partial charge in [0.05, 0.1) is 10.8 Å². The molecule has 2 amide bonds. The molecule has 6 rings (SSSR count). The second kappa shape index (κ2) is 4.50. The number of carbonyl (C=O) groups excluding carboxylic acids is 2. The van der Waals surface area contributed by atoms with E-state index in [-0.39, 0.29) is 35.0 Å². The van der Waals surface area contributed by atoms with E-state index in [1.165, 1.54) is 0 Å². The van der Waals surface area contributed by atoms with E-state index in [1.54, 1.807) is 0 Å². The Balaban J connectivity index is 1.39. The molecule has 144 valence electrons. The van der Waals surface area contributed by atoms with Crippen LogP contribution in [0, 0.1) is 46.3 Å². The van der Waals surface area contributed by atoms with Crippen molar-refractivity contribution >= 4 is 11.8 Å². The van der Waals surface area contributed by atoms with Crippen LogP contribution in [-0.2, 0) is 9.59 Å². The number of hydrogen-bond donors (Lipinski definition) is 0. The molecule has 0 atom stereocenters. The molecule has 0 unspecified atom stereocenters. The molecule has 26 heavy (non-hydrogen) atoms. The van der Waals surface area contributed by atoms with Crippen molar-refractivity contribution in [2.45, 2.75) is 79.6 Å². The molecule has 0 aromatic heterocycles. The lowest BCUT2D eigenvalue weighted by molar-refractivity contribution is -0.626. The minimum absolute atomic E-state index is 0.0446. The van der Waals surface area contributed by atoms with Crippen molar-refractivity contribution in [1.29, 1.82) is 0 Å². The summed E-state index contributed by atoms with van der Waals surface area (Å²) in [6.45, 7) is 17.1. The van der Waals surface area contributed by atoms with Crippen molar-refractivity contribution in [1.82, 2.24) is 9.80 Å². The van der Waals surface area contributed by atoms with E-state index in [1.807, 2.05) is 0 Å². The van der Waals surface area contributed by atoms with Crippen LogP contribution >= 0.6 is 0 Å². The zero-order valence-corrected chi connectivity index (χ0v) is 17.5. The van der Waals surface area contributed by atoms with Crippen molar-refractivity contribution in [2.24, 2.45) is 46.3 Å². The number of nitrogens with zero attached hydrogens (tertiary/aromatic N) is 2. The Morgan fingerprint density at radius 2 is 0.731 bits per heavy atom. The molecule has 0 N–H and O–H groups in total. The maximum absolute atomic E-state index is 13.5. The SMILES string of the molecule is CC(C)N(C(=O)C12C3C4C1C1C2C3C41C(=O)N(C(C)C)C(C)C)C(C)C. The summed E-state index contributed by atoms with van der Waals surface area (Å²) in [6, 6.07) is 1.04. The third kappa shape index (κ3) is 1.23. The van der Waals surface area contributed by atoms with E-state index >= 15 is 0 Å².